The highest BCUT2D eigenvalue weighted by Crippen LogP contribution is 2.32. The van der Waals surface area contributed by atoms with Gasteiger partial charge in [-0.15, -0.1) is 11.3 Å². The first kappa shape index (κ1) is 15.5. The molecule has 1 aliphatic heterocycles. The van der Waals surface area contributed by atoms with Gasteiger partial charge in [0.2, 0.25) is 11.8 Å². The summed E-state index contributed by atoms with van der Waals surface area (Å²) in [7, 11) is 3.27. The van der Waals surface area contributed by atoms with Gasteiger partial charge in [0, 0.05) is 24.4 Å². The van der Waals surface area contributed by atoms with Gasteiger partial charge in [-0.1, -0.05) is 12.1 Å². The molecule has 1 N–H and O–H groups in total. The van der Waals surface area contributed by atoms with Gasteiger partial charge in [-0.2, -0.15) is 0 Å². The number of nitrogens with one attached hydrogen (secondary N) is 1. The molecule has 23 heavy (non-hydrogen) atoms. The van der Waals surface area contributed by atoms with Crippen LogP contribution in [-0.2, 0) is 9.59 Å². The predicted molar refractivity (Wildman–Crippen MR) is 88.5 cm³/mol. The molecular formula is C16H17N3O3S. The first-order chi connectivity index (χ1) is 11.1. The monoisotopic (exact) mass is 331 g/mol. The van der Waals surface area contributed by atoms with E-state index in [9.17, 15) is 9.59 Å². The van der Waals surface area contributed by atoms with Gasteiger partial charge in [0.1, 0.15) is 11.8 Å². The second-order valence-corrected chi connectivity index (χ2v) is 6.14. The summed E-state index contributed by atoms with van der Waals surface area (Å²) in [6.07, 6.45) is 0.963. The van der Waals surface area contributed by atoms with Crippen molar-refractivity contribution in [3.8, 4) is 17.0 Å². The lowest BCUT2D eigenvalue weighted by molar-refractivity contribution is -0.131. The van der Waals surface area contributed by atoms with Crippen LogP contribution in [0.25, 0.3) is 11.3 Å². The third-order valence-electron chi connectivity index (χ3n) is 3.91. The van der Waals surface area contributed by atoms with Crippen LogP contribution in [0.5, 0.6) is 5.75 Å². The Labute approximate surface area is 138 Å². The second-order valence-electron chi connectivity index (χ2n) is 5.29. The minimum atomic E-state index is -0.416. The number of likely N-dealkylation sites (tertiary alicyclic amines) is 1. The summed E-state index contributed by atoms with van der Waals surface area (Å²) in [6.45, 7) is 0. The van der Waals surface area contributed by atoms with Crippen molar-refractivity contribution in [1.29, 1.82) is 0 Å². The molecule has 1 atom stereocenters. The van der Waals surface area contributed by atoms with Crippen molar-refractivity contribution in [2.45, 2.75) is 18.9 Å². The number of nitrogens with zero attached hydrogens (tertiary/aromatic N) is 2. The van der Waals surface area contributed by atoms with Gasteiger partial charge in [0.05, 0.1) is 12.8 Å². The second kappa shape index (κ2) is 6.37. The lowest BCUT2D eigenvalue weighted by Crippen LogP contribution is -2.38. The standard InChI is InChI=1S/C16H17N3O3S/c1-19-12(7-8-14(19)20)15(21)18-16-17-11(9-23-16)10-5-3-4-6-13(10)22-2/h3-6,9,12H,7-8H2,1-2H3,(H,17,18,21). The zero-order valence-corrected chi connectivity index (χ0v) is 13.7. The average Bonchev–Trinajstić information content (AvgIpc) is 3.15. The van der Waals surface area contributed by atoms with Gasteiger partial charge in [-0.3, -0.25) is 9.59 Å². The summed E-state index contributed by atoms with van der Waals surface area (Å²) >= 11 is 1.35. The molecule has 120 valence electrons. The SMILES string of the molecule is COc1ccccc1-c1csc(NC(=O)C2CCC(=O)N2C)n1. The molecule has 1 unspecified atom stereocenters. The number of amides is 2. The molecule has 1 aliphatic rings. The number of hydrogen-bond acceptors (Lipinski definition) is 5. The van der Waals surface area contributed by atoms with E-state index in [2.05, 4.69) is 10.3 Å². The number of carbonyl (C=O) groups excluding carboxylic acids is 2. The molecule has 2 amide bonds. The summed E-state index contributed by atoms with van der Waals surface area (Å²) in [4.78, 5) is 29.7. The summed E-state index contributed by atoms with van der Waals surface area (Å²) in [5.74, 6) is 0.537. The van der Waals surface area contributed by atoms with Crippen molar-refractivity contribution >= 4 is 28.3 Å². The van der Waals surface area contributed by atoms with Gasteiger partial charge in [0.25, 0.3) is 0 Å². The van der Waals surface area contributed by atoms with E-state index in [1.807, 2.05) is 29.6 Å². The van der Waals surface area contributed by atoms with Crippen LogP contribution >= 0.6 is 11.3 Å². The molecule has 0 aliphatic carbocycles. The van der Waals surface area contributed by atoms with Crippen LogP contribution in [0.15, 0.2) is 29.6 Å². The van der Waals surface area contributed by atoms with E-state index in [1.165, 1.54) is 16.2 Å². The Morgan fingerprint density at radius 1 is 1.43 bits per heavy atom. The summed E-state index contributed by atoms with van der Waals surface area (Å²) in [5, 5.41) is 5.19. The highest BCUT2D eigenvalue weighted by atomic mass is 32.1. The number of benzene rings is 1. The molecule has 7 heteroatoms. The smallest absolute Gasteiger partial charge is 0.248 e. The van der Waals surface area contributed by atoms with E-state index in [-0.39, 0.29) is 11.8 Å². The fourth-order valence-corrected chi connectivity index (χ4v) is 3.32. The minimum Gasteiger partial charge on any atom is -0.496 e. The fraction of sp³-hybridized carbons (Fsp3) is 0.312. The number of ether oxygens (including phenoxy) is 1. The highest BCUT2D eigenvalue weighted by Gasteiger charge is 2.33. The van der Waals surface area contributed by atoms with Crippen LogP contribution in [0.4, 0.5) is 5.13 Å². The Bertz CT molecular complexity index is 744. The van der Waals surface area contributed by atoms with E-state index < -0.39 is 6.04 Å². The largest absolute Gasteiger partial charge is 0.496 e. The number of anilines is 1. The Hall–Kier alpha value is -2.41. The lowest BCUT2D eigenvalue weighted by Gasteiger charge is -2.18. The summed E-state index contributed by atoms with van der Waals surface area (Å²) in [6, 6.07) is 7.18. The van der Waals surface area contributed by atoms with Gasteiger partial charge >= 0.3 is 0 Å². The lowest BCUT2D eigenvalue weighted by atomic mass is 10.1. The Morgan fingerprint density at radius 2 is 2.22 bits per heavy atom. The van der Waals surface area contributed by atoms with Crippen molar-refractivity contribution in [2.75, 3.05) is 19.5 Å². The van der Waals surface area contributed by atoms with E-state index in [4.69, 9.17) is 4.74 Å². The third-order valence-corrected chi connectivity index (χ3v) is 4.67. The van der Waals surface area contributed by atoms with Crippen molar-refractivity contribution in [3.63, 3.8) is 0 Å². The normalized spacial score (nSPS) is 17.4. The summed E-state index contributed by atoms with van der Waals surface area (Å²) < 4.78 is 5.33. The van der Waals surface area contributed by atoms with E-state index >= 15 is 0 Å². The molecule has 0 saturated carbocycles. The molecule has 2 aromatic rings. The van der Waals surface area contributed by atoms with E-state index in [0.29, 0.717) is 18.0 Å². The zero-order valence-electron chi connectivity index (χ0n) is 12.9. The van der Waals surface area contributed by atoms with E-state index in [0.717, 1.165) is 17.0 Å². The van der Waals surface area contributed by atoms with E-state index in [1.54, 1.807) is 14.2 Å². The maximum Gasteiger partial charge on any atom is 0.248 e. The molecule has 1 saturated heterocycles. The average molecular weight is 331 g/mol. The number of carbonyl (C=O) groups is 2. The highest BCUT2D eigenvalue weighted by molar-refractivity contribution is 7.14. The number of thiazole rings is 1. The van der Waals surface area contributed by atoms with Gasteiger partial charge in [0.15, 0.2) is 5.13 Å². The maximum atomic E-state index is 12.3. The molecule has 3 rings (SSSR count). The van der Waals surface area contributed by atoms with Gasteiger partial charge in [-0.05, 0) is 18.6 Å². The number of rotatable bonds is 4. The van der Waals surface area contributed by atoms with Crippen LogP contribution in [0.3, 0.4) is 0 Å². The molecule has 1 aromatic heterocycles. The Balaban J connectivity index is 1.75. The van der Waals surface area contributed by atoms with Crippen molar-refractivity contribution in [1.82, 2.24) is 9.88 Å². The van der Waals surface area contributed by atoms with Crippen LogP contribution in [-0.4, -0.2) is 41.9 Å². The molecule has 1 aromatic carbocycles. The van der Waals surface area contributed by atoms with Gasteiger partial charge in [-0.25, -0.2) is 4.98 Å². The number of aromatic nitrogens is 1. The van der Waals surface area contributed by atoms with Crippen molar-refractivity contribution in [3.05, 3.63) is 29.6 Å². The first-order valence-corrected chi connectivity index (χ1v) is 8.13. The third kappa shape index (κ3) is 3.05. The number of likely N-dealkylation sites (N-methyl/N-ethyl adjacent to an activating group) is 1. The Morgan fingerprint density at radius 3 is 2.91 bits per heavy atom. The molecule has 1 fully saturated rings. The molecule has 0 spiro atoms. The predicted octanol–water partition coefficient (Wildman–Crippen LogP) is 2.38. The van der Waals surface area contributed by atoms with Gasteiger partial charge < -0.3 is 15.0 Å². The quantitative estimate of drug-likeness (QED) is 0.934. The van der Waals surface area contributed by atoms with Crippen LogP contribution in [0.1, 0.15) is 12.8 Å². The van der Waals surface area contributed by atoms with Crippen LogP contribution in [0, 0.1) is 0 Å². The number of hydrogen-bond donors (Lipinski definition) is 1. The molecular weight excluding hydrogens is 314 g/mol. The van der Waals surface area contributed by atoms with Crippen LogP contribution < -0.4 is 10.1 Å². The minimum absolute atomic E-state index is 0.000926. The fourth-order valence-electron chi connectivity index (χ4n) is 2.61. The summed E-state index contributed by atoms with van der Waals surface area (Å²) in [5.41, 5.74) is 1.62. The van der Waals surface area contributed by atoms with Crippen molar-refractivity contribution < 1.29 is 14.3 Å². The first-order valence-electron chi connectivity index (χ1n) is 7.25. The molecule has 0 radical (unpaired) electrons. The number of methoxy groups -OCH3 is 1. The van der Waals surface area contributed by atoms with Crippen LogP contribution in [0.2, 0.25) is 0 Å². The molecule has 0 bridgehead atoms. The molecule has 6 nitrogen and oxygen atoms in total. The zero-order chi connectivity index (χ0) is 16.4. The number of para-hydroxylation sites is 1. The van der Waals surface area contributed by atoms with Crippen molar-refractivity contribution in [2.24, 2.45) is 0 Å². The molecule has 2 heterocycles. The Kier molecular flexibility index (Phi) is 4.29. The topological polar surface area (TPSA) is 71.5 Å². The maximum absolute atomic E-state index is 12.3.